The van der Waals surface area contributed by atoms with E-state index in [9.17, 15) is 5.11 Å². The Morgan fingerprint density at radius 3 is 2.36 bits per heavy atom. The van der Waals surface area contributed by atoms with Gasteiger partial charge in [0.15, 0.2) is 0 Å². The van der Waals surface area contributed by atoms with Gasteiger partial charge < -0.3 is 14.3 Å². The van der Waals surface area contributed by atoms with Crippen LogP contribution in [-0.4, -0.2) is 28.9 Å². The Morgan fingerprint density at radius 2 is 1.56 bits per heavy atom. The fourth-order valence-electron chi connectivity index (χ4n) is 5.53. The second-order valence-electron chi connectivity index (χ2n) is 11.1. The Morgan fingerprint density at radius 1 is 0.806 bits per heavy atom. The van der Waals surface area contributed by atoms with Crippen LogP contribution in [0.2, 0.25) is 0 Å². The molecule has 0 saturated carbocycles. The van der Waals surface area contributed by atoms with Crippen molar-refractivity contribution in [3.05, 3.63) is 96.1 Å². The molecule has 1 radical (unpaired) electrons. The zero-order valence-electron chi connectivity index (χ0n) is 21.5. The number of hydrogen-bond donors (Lipinski definition) is 1. The van der Waals surface area contributed by atoms with Crippen LogP contribution in [0.3, 0.4) is 0 Å². The van der Waals surface area contributed by atoms with Crippen LogP contribution >= 0.6 is 0 Å². The molecule has 1 heterocycles. The van der Waals surface area contributed by atoms with Gasteiger partial charge in [0.1, 0.15) is 0 Å². The summed E-state index contributed by atoms with van der Waals surface area (Å²) in [7, 11) is 1.75. The van der Waals surface area contributed by atoms with E-state index >= 15 is 0 Å². The molecular weight excluding hydrogens is 441 g/mol. The Bertz CT molecular complexity index is 1620. The summed E-state index contributed by atoms with van der Waals surface area (Å²) in [4.78, 5) is 0. The van der Waals surface area contributed by atoms with Crippen LogP contribution < -0.4 is 5.46 Å². The number of nitrogens with zero attached hydrogens (tertiary/aromatic N) is 1. The van der Waals surface area contributed by atoms with E-state index < -0.39 is 5.60 Å². The molecular formula is C32H31BNO2. The highest BCUT2D eigenvalue weighted by Gasteiger charge is 2.36. The first kappa shape index (κ1) is 23.1. The third kappa shape index (κ3) is 3.51. The van der Waals surface area contributed by atoms with Crippen LogP contribution in [0.1, 0.15) is 45.7 Å². The molecule has 5 aromatic rings. The maximum Gasteiger partial charge on any atom is 0.330 e. The zero-order valence-corrected chi connectivity index (χ0v) is 21.5. The van der Waals surface area contributed by atoms with Crippen molar-refractivity contribution in [1.82, 2.24) is 4.57 Å². The zero-order chi connectivity index (χ0) is 25.2. The Balaban J connectivity index is 1.53. The highest BCUT2D eigenvalue weighted by Crippen LogP contribution is 2.50. The summed E-state index contributed by atoms with van der Waals surface area (Å²) in [5, 5.41) is 12.8. The van der Waals surface area contributed by atoms with Crippen molar-refractivity contribution in [2.45, 2.75) is 51.7 Å². The third-order valence-electron chi connectivity index (χ3n) is 7.91. The topological polar surface area (TPSA) is 34.4 Å². The first-order chi connectivity index (χ1) is 17.2. The van der Waals surface area contributed by atoms with Crippen molar-refractivity contribution >= 4 is 34.8 Å². The lowest BCUT2D eigenvalue weighted by atomic mass is 9.82. The first-order valence-corrected chi connectivity index (χ1v) is 12.7. The molecule has 36 heavy (non-hydrogen) atoms. The molecule has 1 unspecified atom stereocenters. The summed E-state index contributed by atoms with van der Waals surface area (Å²) in [6.07, 6.45) is -0.319. The van der Waals surface area contributed by atoms with Gasteiger partial charge in [-0.1, -0.05) is 73.9 Å². The minimum Gasteiger partial charge on any atom is -0.429 e. The van der Waals surface area contributed by atoms with Gasteiger partial charge in [-0.2, -0.15) is 0 Å². The molecule has 4 aromatic carbocycles. The van der Waals surface area contributed by atoms with Gasteiger partial charge in [0.2, 0.25) is 0 Å². The summed E-state index contributed by atoms with van der Waals surface area (Å²) < 4.78 is 8.24. The van der Waals surface area contributed by atoms with E-state index in [1.807, 2.05) is 13.0 Å². The van der Waals surface area contributed by atoms with Crippen molar-refractivity contribution in [2.24, 2.45) is 0 Å². The molecule has 0 saturated heterocycles. The lowest BCUT2D eigenvalue weighted by Gasteiger charge is -2.26. The average Bonchev–Trinajstić information content (AvgIpc) is 3.30. The van der Waals surface area contributed by atoms with Gasteiger partial charge in [-0.15, -0.1) is 0 Å². The molecule has 0 fully saturated rings. The molecule has 0 spiro atoms. The Labute approximate surface area is 213 Å². The maximum atomic E-state index is 10.2. The SMILES string of the molecule is CC(O[B]c1cccc(-n2c3ccccc3c3cc4c(cc32)C(C)(C)c2ccccc2-4)c1)C(C)(C)O. The molecule has 1 aliphatic carbocycles. The van der Waals surface area contributed by atoms with E-state index in [1.54, 1.807) is 21.3 Å². The number of aliphatic hydroxyl groups is 1. The van der Waals surface area contributed by atoms with Gasteiger partial charge in [0.05, 0.1) is 22.7 Å². The van der Waals surface area contributed by atoms with Crippen LogP contribution in [-0.2, 0) is 10.1 Å². The summed E-state index contributed by atoms with van der Waals surface area (Å²) in [6.45, 7) is 10.1. The smallest absolute Gasteiger partial charge is 0.330 e. The predicted octanol–water partition coefficient (Wildman–Crippen LogP) is 6.51. The van der Waals surface area contributed by atoms with Crippen LogP contribution in [0.25, 0.3) is 38.6 Å². The largest absolute Gasteiger partial charge is 0.429 e. The number of para-hydroxylation sites is 1. The van der Waals surface area contributed by atoms with Crippen molar-refractivity contribution in [2.75, 3.05) is 0 Å². The molecule has 6 rings (SSSR count). The Hall–Kier alpha value is -3.34. The second-order valence-corrected chi connectivity index (χ2v) is 11.1. The van der Waals surface area contributed by atoms with Gasteiger partial charge in [-0.05, 0) is 73.4 Å². The molecule has 4 heteroatoms. The first-order valence-electron chi connectivity index (χ1n) is 12.7. The van der Waals surface area contributed by atoms with E-state index in [0.29, 0.717) is 0 Å². The summed E-state index contributed by atoms with van der Waals surface area (Å²) in [5.74, 6) is 0. The highest BCUT2D eigenvalue weighted by molar-refractivity contribution is 6.47. The van der Waals surface area contributed by atoms with Crippen molar-refractivity contribution < 1.29 is 9.76 Å². The highest BCUT2D eigenvalue weighted by atomic mass is 16.5. The molecule has 1 atom stereocenters. The van der Waals surface area contributed by atoms with E-state index in [2.05, 4.69) is 97.3 Å². The van der Waals surface area contributed by atoms with Crippen molar-refractivity contribution in [3.63, 3.8) is 0 Å². The van der Waals surface area contributed by atoms with Crippen LogP contribution in [0.5, 0.6) is 0 Å². The quantitative estimate of drug-likeness (QED) is 0.296. The lowest BCUT2D eigenvalue weighted by molar-refractivity contribution is -0.0222. The molecule has 1 aromatic heterocycles. The maximum absolute atomic E-state index is 10.2. The minimum atomic E-state index is -0.911. The predicted molar refractivity (Wildman–Crippen MR) is 151 cm³/mol. The number of aromatic nitrogens is 1. The lowest BCUT2D eigenvalue weighted by Crippen LogP contribution is -2.38. The summed E-state index contributed by atoms with van der Waals surface area (Å²) >= 11 is 0. The molecule has 3 nitrogen and oxygen atoms in total. The molecule has 0 aliphatic heterocycles. The second kappa shape index (κ2) is 8.09. The number of fused-ring (bicyclic) bond motifs is 6. The Kier molecular flexibility index (Phi) is 5.19. The summed E-state index contributed by atoms with van der Waals surface area (Å²) in [5.41, 5.74) is 8.90. The molecule has 1 aliphatic rings. The standard InChI is InChI=1S/C32H31BNO2/c1-20(32(4,5)35)36-33-21-11-10-12-22(17-21)34-29-16-9-7-14-24(29)26-18-25-23-13-6-8-15-27(23)31(2,3)28(25)19-30(26)34/h6-20,35H,1-5H3. The van der Waals surface area contributed by atoms with Crippen molar-refractivity contribution in [1.29, 1.82) is 0 Å². The van der Waals surface area contributed by atoms with Crippen LogP contribution in [0.15, 0.2) is 84.9 Å². The van der Waals surface area contributed by atoms with E-state index in [0.717, 1.165) is 11.2 Å². The van der Waals surface area contributed by atoms with Crippen LogP contribution in [0.4, 0.5) is 0 Å². The van der Waals surface area contributed by atoms with Crippen molar-refractivity contribution in [3.8, 4) is 16.8 Å². The fourth-order valence-corrected chi connectivity index (χ4v) is 5.53. The molecule has 1 N–H and O–H groups in total. The van der Waals surface area contributed by atoms with E-state index in [-0.39, 0.29) is 11.5 Å². The third-order valence-corrected chi connectivity index (χ3v) is 7.91. The van der Waals surface area contributed by atoms with Gasteiger partial charge in [-0.3, -0.25) is 0 Å². The summed E-state index contributed by atoms with van der Waals surface area (Å²) in [6, 6.07) is 30.6. The van der Waals surface area contributed by atoms with Gasteiger partial charge in [0, 0.05) is 21.9 Å². The molecule has 179 valence electrons. The van der Waals surface area contributed by atoms with Gasteiger partial charge in [0.25, 0.3) is 0 Å². The van der Waals surface area contributed by atoms with Crippen LogP contribution in [0, 0.1) is 0 Å². The number of rotatable bonds is 5. The molecule has 0 bridgehead atoms. The number of benzene rings is 4. The van der Waals surface area contributed by atoms with Gasteiger partial charge in [-0.25, -0.2) is 0 Å². The normalized spacial score (nSPS) is 15.2. The minimum absolute atomic E-state index is 0.0574. The van der Waals surface area contributed by atoms with Gasteiger partial charge >= 0.3 is 7.48 Å². The fraction of sp³-hybridized carbons (Fsp3) is 0.250. The number of hydrogen-bond acceptors (Lipinski definition) is 2. The van der Waals surface area contributed by atoms with E-state index in [4.69, 9.17) is 4.65 Å². The monoisotopic (exact) mass is 472 g/mol. The molecule has 0 amide bonds. The average molecular weight is 472 g/mol. The van der Waals surface area contributed by atoms with E-state index in [1.165, 1.54) is 44.1 Å².